The summed E-state index contributed by atoms with van der Waals surface area (Å²) in [5.74, 6) is 0. The number of halogens is 2. The van der Waals surface area contributed by atoms with Crippen LogP contribution in [0.5, 0.6) is 0 Å². The molecular weight excluding hydrogens is 288 g/mol. The summed E-state index contributed by atoms with van der Waals surface area (Å²) in [5, 5.41) is 0.254. The first-order chi connectivity index (χ1) is 6.48. The number of nitrogens with zero attached hydrogens (tertiary/aromatic N) is 2. The van der Waals surface area contributed by atoms with Crippen LogP contribution >= 0.6 is 27.5 Å². The van der Waals surface area contributed by atoms with Crippen LogP contribution in [0.4, 0.5) is 5.69 Å². The van der Waals surface area contributed by atoms with Gasteiger partial charge in [0.15, 0.2) is 9.92 Å². The molecule has 1 aliphatic heterocycles. The van der Waals surface area contributed by atoms with Crippen molar-refractivity contribution in [1.29, 1.82) is 0 Å². The second kappa shape index (κ2) is 3.32. The van der Waals surface area contributed by atoms with Crippen molar-refractivity contribution in [2.45, 2.75) is 0 Å². The fourth-order valence-corrected chi connectivity index (χ4v) is 3.01. The maximum atomic E-state index is 11.6. The second-order valence-corrected chi connectivity index (χ2v) is 6.06. The van der Waals surface area contributed by atoms with E-state index in [9.17, 15) is 4.21 Å². The highest BCUT2D eigenvalue weighted by Crippen LogP contribution is 2.30. The van der Waals surface area contributed by atoms with E-state index in [2.05, 4.69) is 24.7 Å². The normalized spacial score (nSPS) is 24.9. The van der Waals surface area contributed by atoms with Crippen molar-refractivity contribution in [3.63, 3.8) is 0 Å². The largest absolute Gasteiger partial charge is 0.226 e. The molecule has 2 rings (SSSR count). The molecule has 0 radical (unpaired) electrons. The van der Waals surface area contributed by atoms with Crippen molar-refractivity contribution in [3.8, 4) is 0 Å². The van der Waals surface area contributed by atoms with Crippen LogP contribution in [-0.2, 0) is 9.92 Å². The molecule has 1 atom stereocenters. The van der Waals surface area contributed by atoms with Crippen molar-refractivity contribution in [1.82, 2.24) is 0 Å². The standard InChI is InChI=1S/C8H6BrClN2OS/c1-14(13)11-7-3-2-5(9)4-6(7)8(10)12-14/h2-4H,1H3. The summed E-state index contributed by atoms with van der Waals surface area (Å²) in [6.45, 7) is 0. The molecule has 0 aromatic heterocycles. The summed E-state index contributed by atoms with van der Waals surface area (Å²) in [5.41, 5.74) is 1.34. The zero-order valence-corrected chi connectivity index (χ0v) is 10.4. The fourth-order valence-electron chi connectivity index (χ4n) is 1.15. The van der Waals surface area contributed by atoms with Gasteiger partial charge in [-0.3, -0.25) is 0 Å². The number of rotatable bonds is 0. The van der Waals surface area contributed by atoms with E-state index in [-0.39, 0.29) is 5.17 Å². The molecule has 0 N–H and O–H groups in total. The van der Waals surface area contributed by atoms with Crippen LogP contribution in [0.2, 0.25) is 0 Å². The van der Waals surface area contributed by atoms with E-state index < -0.39 is 9.92 Å². The molecule has 1 aliphatic rings. The third kappa shape index (κ3) is 1.85. The van der Waals surface area contributed by atoms with Crippen molar-refractivity contribution in [3.05, 3.63) is 28.2 Å². The highest BCUT2D eigenvalue weighted by atomic mass is 79.9. The highest BCUT2D eigenvalue weighted by Gasteiger charge is 2.15. The molecule has 0 amide bonds. The predicted octanol–water partition coefficient (Wildman–Crippen LogP) is 3.09. The van der Waals surface area contributed by atoms with E-state index in [1.165, 1.54) is 6.26 Å². The maximum absolute atomic E-state index is 11.6. The molecule has 0 saturated carbocycles. The SMILES string of the molecule is CS1(=O)=Nc2ccc(Br)cc2C(Cl)=N1. The molecule has 3 nitrogen and oxygen atoms in total. The molecule has 6 heteroatoms. The van der Waals surface area contributed by atoms with Gasteiger partial charge in [0.1, 0.15) is 5.17 Å². The Morgan fingerprint density at radius 1 is 1.50 bits per heavy atom. The summed E-state index contributed by atoms with van der Waals surface area (Å²) in [6, 6.07) is 5.40. The monoisotopic (exact) mass is 292 g/mol. The van der Waals surface area contributed by atoms with Crippen LogP contribution < -0.4 is 0 Å². The summed E-state index contributed by atoms with van der Waals surface area (Å²) >= 11 is 9.21. The molecule has 0 saturated heterocycles. The van der Waals surface area contributed by atoms with E-state index in [0.29, 0.717) is 11.3 Å². The number of hydrogen-bond acceptors (Lipinski definition) is 2. The summed E-state index contributed by atoms with van der Waals surface area (Å²) in [7, 11) is -2.54. The minimum atomic E-state index is -2.54. The van der Waals surface area contributed by atoms with E-state index in [0.717, 1.165) is 4.47 Å². The number of benzene rings is 1. The average Bonchev–Trinajstić information content (AvgIpc) is 2.05. The zero-order valence-electron chi connectivity index (χ0n) is 7.20. The van der Waals surface area contributed by atoms with E-state index in [1.54, 1.807) is 12.1 Å². The highest BCUT2D eigenvalue weighted by molar-refractivity contribution is 9.10. The molecule has 1 heterocycles. The zero-order chi connectivity index (χ0) is 10.3. The molecule has 74 valence electrons. The van der Waals surface area contributed by atoms with Gasteiger partial charge < -0.3 is 0 Å². The lowest BCUT2D eigenvalue weighted by Gasteiger charge is -2.10. The van der Waals surface area contributed by atoms with Crippen molar-refractivity contribution in [2.75, 3.05) is 6.26 Å². The molecule has 0 aliphatic carbocycles. The molecule has 0 spiro atoms. The Morgan fingerprint density at radius 3 is 2.93 bits per heavy atom. The Labute approximate surface area is 95.6 Å². The first-order valence-corrected chi connectivity index (χ1v) is 6.80. The van der Waals surface area contributed by atoms with Crippen molar-refractivity contribution < 1.29 is 4.21 Å². The van der Waals surface area contributed by atoms with Crippen LogP contribution in [0.15, 0.2) is 31.4 Å². The molecule has 1 aromatic rings. The minimum absolute atomic E-state index is 0.254. The van der Waals surface area contributed by atoms with Gasteiger partial charge >= 0.3 is 0 Å². The van der Waals surface area contributed by atoms with Gasteiger partial charge in [-0.15, -0.1) is 0 Å². The molecule has 14 heavy (non-hydrogen) atoms. The van der Waals surface area contributed by atoms with Crippen molar-refractivity contribution in [2.24, 2.45) is 8.76 Å². The van der Waals surface area contributed by atoms with E-state index in [4.69, 9.17) is 11.6 Å². The Bertz CT molecular complexity index is 546. The Hall–Kier alpha value is -0.390. The maximum Gasteiger partial charge on any atom is 0.153 e. The van der Waals surface area contributed by atoms with Crippen LogP contribution in [0, 0.1) is 0 Å². The van der Waals surface area contributed by atoms with Gasteiger partial charge in [-0.05, 0) is 18.2 Å². The smallest absolute Gasteiger partial charge is 0.153 e. The number of hydrogen-bond donors (Lipinski definition) is 0. The van der Waals surface area contributed by atoms with Crippen LogP contribution in [0.1, 0.15) is 5.56 Å². The summed E-state index contributed by atoms with van der Waals surface area (Å²) in [6.07, 6.45) is 1.46. The lowest BCUT2D eigenvalue weighted by Crippen LogP contribution is -2.03. The van der Waals surface area contributed by atoms with Gasteiger partial charge in [-0.1, -0.05) is 27.5 Å². The van der Waals surface area contributed by atoms with Crippen molar-refractivity contribution >= 4 is 48.3 Å². The first-order valence-electron chi connectivity index (χ1n) is 3.75. The van der Waals surface area contributed by atoms with E-state index >= 15 is 0 Å². The van der Waals surface area contributed by atoms with Gasteiger partial charge in [-0.25, -0.2) is 4.21 Å². The summed E-state index contributed by atoms with van der Waals surface area (Å²) < 4.78 is 20.3. The third-order valence-electron chi connectivity index (χ3n) is 1.70. The topological polar surface area (TPSA) is 41.8 Å². The van der Waals surface area contributed by atoms with E-state index in [1.807, 2.05) is 6.07 Å². The Morgan fingerprint density at radius 2 is 2.21 bits per heavy atom. The fraction of sp³-hybridized carbons (Fsp3) is 0.125. The van der Waals surface area contributed by atoms with Gasteiger partial charge in [0.2, 0.25) is 0 Å². The Kier molecular flexibility index (Phi) is 2.41. The predicted molar refractivity (Wildman–Crippen MR) is 62.7 cm³/mol. The first kappa shape index (κ1) is 10.1. The summed E-state index contributed by atoms with van der Waals surface area (Å²) in [4.78, 5) is 0. The van der Waals surface area contributed by atoms with Crippen LogP contribution in [-0.4, -0.2) is 15.6 Å². The molecule has 0 fully saturated rings. The van der Waals surface area contributed by atoms with Gasteiger partial charge in [0.25, 0.3) is 0 Å². The molecule has 1 unspecified atom stereocenters. The van der Waals surface area contributed by atoms with Gasteiger partial charge in [0.05, 0.1) is 5.69 Å². The molecule has 1 aromatic carbocycles. The van der Waals surface area contributed by atoms with Crippen LogP contribution in [0.25, 0.3) is 0 Å². The lowest BCUT2D eigenvalue weighted by atomic mass is 10.2. The van der Waals surface area contributed by atoms with Gasteiger partial charge in [-0.2, -0.15) is 8.76 Å². The minimum Gasteiger partial charge on any atom is -0.226 e. The number of fused-ring (bicyclic) bond motifs is 1. The van der Waals surface area contributed by atoms with Crippen LogP contribution in [0.3, 0.4) is 0 Å². The Balaban J connectivity index is 2.77. The molecular formula is C8H6BrClN2OS. The third-order valence-corrected chi connectivity index (χ3v) is 3.64. The molecule has 0 bridgehead atoms. The second-order valence-electron chi connectivity index (χ2n) is 2.90. The lowest BCUT2D eigenvalue weighted by molar-refractivity contribution is 0.682. The average molecular weight is 294 g/mol. The quantitative estimate of drug-likeness (QED) is 0.725. The van der Waals surface area contributed by atoms with Gasteiger partial charge in [0, 0.05) is 16.3 Å².